The summed E-state index contributed by atoms with van der Waals surface area (Å²) in [7, 11) is 0. The highest BCUT2D eigenvalue weighted by Crippen LogP contribution is 2.51. The number of hydrogen-bond acceptors (Lipinski definition) is 4. The first kappa shape index (κ1) is 18.1. The number of hydrogen-bond donors (Lipinski definition) is 1. The number of carbonyl (C=O) groups excluding carboxylic acids is 2. The molecule has 1 aliphatic heterocycles. The molecule has 0 radical (unpaired) electrons. The predicted octanol–water partition coefficient (Wildman–Crippen LogP) is 4.58. The summed E-state index contributed by atoms with van der Waals surface area (Å²) in [5, 5.41) is 9.69. The SMILES string of the molecule is CC1(C)CC(=O)C2C(=NC3=C(C(=O)CC(C)(C)C3)[C@@H]2c2ccc(O)cc2)C1. The summed E-state index contributed by atoms with van der Waals surface area (Å²) < 4.78 is 0. The Hall–Kier alpha value is -2.23. The standard InChI is InChI=1S/C23H27NO3/c1-22(2)9-15-20(17(26)11-22)19(13-5-7-14(25)8-6-13)21-16(24-15)10-23(3,4)12-18(21)27/h5-8,19-20,25H,9-12H2,1-4H3/t19-,20?/m1/s1. The zero-order chi connectivity index (χ0) is 19.6. The Labute approximate surface area is 160 Å². The minimum Gasteiger partial charge on any atom is -0.508 e. The molecule has 1 N–H and O–H groups in total. The van der Waals surface area contributed by atoms with Gasteiger partial charge in [0.2, 0.25) is 0 Å². The van der Waals surface area contributed by atoms with Crippen LogP contribution in [0.3, 0.4) is 0 Å². The van der Waals surface area contributed by atoms with Crippen LogP contribution in [0, 0.1) is 16.7 Å². The van der Waals surface area contributed by atoms with Gasteiger partial charge in [-0.05, 0) is 41.4 Å². The fraction of sp³-hybridized carbons (Fsp3) is 0.522. The van der Waals surface area contributed by atoms with Gasteiger partial charge in [0.25, 0.3) is 0 Å². The maximum absolute atomic E-state index is 13.1. The highest BCUT2D eigenvalue weighted by molar-refractivity contribution is 6.13. The van der Waals surface area contributed by atoms with E-state index < -0.39 is 0 Å². The lowest BCUT2D eigenvalue weighted by Gasteiger charge is -2.44. The van der Waals surface area contributed by atoms with E-state index in [2.05, 4.69) is 27.7 Å². The van der Waals surface area contributed by atoms with E-state index in [0.29, 0.717) is 12.8 Å². The Balaban J connectivity index is 1.90. The van der Waals surface area contributed by atoms with Crippen molar-refractivity contribution in [3.63, 3.8) is 0 Å². The first-order chi connectivity index (χ1) is 12.6. The second-order valence-corrected chi connectivity index (χ2v) is 9.94. The molecule has 4 heteroatoms. The van der Waals surface area contributed by atoms with Gasteiger partial charge in [0.1, 0.15) is 11.5 Å². The number of aliphatic imine (C=N–C) groups is 1. The molecule has 1 aromatic carbocycles. The summed E-state index contributed by atoms with van der Waals surface area (Å²) in [6, 6.07) is 6.95. The van der Waals surface area contributed by atoms with Crippen LogP contribution in [0.15, 0.2) is 40.5 Å². The highest BCUT2D eigenvalue weighted by atomic mass is 16.3. The maximum Gasteiger partial charge on any atom is 0.161 e. The van der Waals surface area contributed by atoms with Gasteiger partial charge in [-0.3, -0.25) is 14.6 Å². The van der Waals surface area contributed by atoms with Crippen molar-refractivity contribution in [3.05, 3.63) is 41.1 Å². The van der Waals surface area contributed by atoms with Crippen molar-refractivity contribution < 1.29 is 14.7 Å². The van der Waals surface area contributed by atoms with Crippen LogP contribution in [0.2, 0.25) is 0 Å². The van der Waals surface area contributed by atoms with Gasteiger partial charge in [0.05, 0.1) is 5.92 Å². The van der Waals surface area contributed by atoms with E-state index in [0.717, 1.165) is 35.4 Å². The molecule has 1 heterocycles. The van der Waals surface area contributed by atoms with Gasteiger partial charge >= 0.3 is 0 Å². The molecule has 1 aromatic rings. The smallest absolute Gasteiger partial charge is 0.161 e. The topological polar surface area (TPSA) is 66.7 Å². The van der Waals surface area contributed by atoms with Crippen LogP contribution >= 0.6 is 0 Å². The van der Waals surface area contributed by atoms with E-state index in [1.54, 1.807) is 12.1 Å². The van der Waals surface area contributed by atoms with Gasteiger partial charge < -0.3 is 5.11 Å². The van der Waals surface area contributed by atoms with Gasteiger partial charge in [-0.15, -0.1) is 0 Å². The molecule has 0 spiro atoms. The molecule has 1 saturated carbocycles. The Kier molecular flexibility index (Phi) is 3.95. The summed E-state index contributed by atoms with van der Waals surface area (Å²) in [4.78, 5) is 31.2. The zero-order valence-corrected chi connectivity index (χ0v) is 16.5. The van der Waals surface area contributed by atoms with E-state index in [1.165, 1.54) is 0 Å². The third-order valence-electron chi connectivity index (χ3n) is 6.09. The summed E-state index contributed by atoms with van der Waals surface area (Å²) >= 11 is 0. The van der Waals surface area contributed by atoms with E-state index in [-0.39, 0.29) is 40.0 Å². The molecule has 0 aromatic heterocycles. The number of allylic oxidation sites excluding steroid dienone is 2. The molecule has 4 nitrogen and oxygen atoms in total. The second kappa shape index (κ2) is 5.88. The average Bonchev–Trinajstić information content (AvgIpc) is 2.51. The Morgan fingerprint density at radius 3 is 2.19 bits per heavy atom. The van der Waals surface area contributed by atoms with E-state index in [4.69, 9.17) is 4.99 Å². The molecule has 0 bridgehead atoms. The molecule has 4 rings (SSSR count). The number of Topliss-reactive ketones (excluding diaryl/α,β-unsaturated/α-hetero) is 2. The predicted molar refractivity (Wildman–Crippen MR) is 105 cm³/mol. The molecule has 2 atom stereocenters. The molecule has 2 aliphatic carbocycles. The number of ketones is 2. The van der Waals surface area contributed by atoms with Crippen molar-refractivity contribution in [3.8, 4) is 5.75 Å². The van der Waals surface area contributed by atoms with Gasteiger partial charge in [0, 0.05) is 35.7 Å². The quantitative estimate of drug-likeness (QED) is 0.792. The number of rotatable bonds is 1. The summed E-state index contributed by atoms with van der Waals surface area (Å²) in [5.74, 6) is -0.163. The molecular formula is C23H27NO3. The van der Waals surface area contributed by atoms with Crippen LogP contribution in [-0.4, -0.2) is 22.4 Å². The Morgan fingerprint density at radius 1 is 0.889 bits per heavy atom. The lowest BCUT2D eigenvalue weighted by atomic mass is 9.60. The van der Waals surface area contributed by atoms with E-state index in [1.807, 2.05) is 12.1 Å². The third kappa shape index (κ3) is 3.15. The summed E-state index contributed by atoms with van der Waals surface area (Å²) in [6.07, 6.45) is 2.53. The monoisotopic (exact) mass is 365 g/mol. The molecule has 0 amide bonds. The lowest BCUT2D eigenvalue weighted by molar-refractivity contribution is -0.124. The number of fused-ring (bicyclic) bond motifs is 1. The van der Waals surface area contributed by atoms with Crippen molar-refractivity contribution in [2.24, 2.45) is 21.7 Å². The third-order valence-corrected chi connectivity index (χ3v) is 6.09. The number of carbonyl (C=O) groups is 2. The van der Waals surface area contributed by atoms with Crippen LogP contribution < -0.4 is 0 Å². The lowest BCUT2D eigenvalue weighted by Crippen LogP contribution is -2.45. The van der Waals surface area contributed by atoms with Crippen LogP contribution in [0.25, 0.3) is 0 Å². The van der Waals surface area contributed by atoms with Crippen molar-refractivity contribution in [2.45, 2.75) is 59.3 Å². The minimum absolute atomic E-state index is 0.0990. The van der Waals surface area contributed by atoms with Crippen molar-refractivity contribution in [1.82, 2.24) is 0 Å². The summed E-state index contributed by atoms with van der Waals surface area (Å²) in [6.45, 7) is 8.43. The normalized spacial score (nSPS) is 29.1. The fourth-order valence-electron chi connectivity index (χ4n) is 5.05. The Morgan fingerprint density at radius 2 is 1.52 bits per heavy atom. The minimum atomic E-state index is -0.355. The number of benzene rings is 1. The van der Waals surface area contributed by atoms with Crippen molar-refractivity contribution in [2.75, 3.05) is 0 Å². The number of aromatic hydroxyl groups is 1. The number of phenols is 1. The molecule has 142 valence electrons. The zero-order valence-electron chi connectivity index (χ0n) is 16.5. The fourth-order valence-corrected chi connectivity index (χ4v) is 5.05. The van der Waals surface area contributed by atoms with Crippen LogP contribution in [0.1, 0.15) is 64.9 Å². The summed E-state index contributed by atoms with van der Waals surface area (Å²) in [5.41, 5.74) is 3.23. The largest absolute Gasteiger partial charge is 0.508 e. The molecule has 0 saturated heterocycles. The van der Waals surface area contributed by atoms with Gasteiger partial charge in [-0.2, -0.15) is 0 Å². The van der Waals surface area contributed by atoms with Crippen LogP contribution in [0.5, 0.6) is 5.75 Å². The Bertz CT molecular complexity index is 887. The van der Waals surface area contributed by atoms with Crippen molar-refractivity contribution in [1.29, 1.82) is 0 Å². The second-order valence-electron chi connectivity index (χ2n) is 9.94. The van der Waals surface area contributed by atoms with Crippen LogP contribution in [-0.2, 0) is 9.59 Å². The van der Waals surface area contributed by atoms with Crippen molar-refractivity contribution >= 4 is 17.3 Å². The molecule has 3 aliphatic rings. The van der Waals surface area contributed by atoms with E-state index in [9.17, 15) is 14.7 Å². The first-order valence-electron chi connectivity index (χ1n) is 9.72. The number of nitrogens with zero attached hydrogens (tertiary/aromatic N) is 1. The van der Waals surface area contributed by atoms with Crippen LogP contribution in [0.4, 0.5) is 0 Å². The first-order valence-corrected chi connectivity index (χ1v) is 9.72. The van der Waals surface area contributed by atoms with E-state index >= 15 is 0 Å². The van der Waals surface area contributed by atoms with Gasteiger partial charge in [0.15, 0.2) is 5.78 Å². The molecular weight excluding hydrogens is 338 g/mol. The molecule has 1 unspecified atom stereocenters. The number of phenolic OH excluding ortho intramolecular Hbond substituents is 1. The molecule has 27 heavy (non-hydrogen) atoms. The highest BCUT2D eigenvalue weighted by Gasteiger charge is 2.49. The molecule has 1 fully saturated rings. The maximum atomic E-state index is 13.1. The average molecular weight is 365 g/mol. The van der Waals surface area contributed by atoms with Gasteiger partial charge in [-0.1, -0.05) is 39.8 Å². The van der Waals surface area contributed by atoms with Gasteiger partial charge in [-0.25, -0.2) is 0 Å².